The van der Waals surface area contributed by atoms with Gasteiger partial charge in [0.15, 0.2) is 0 Å². The lowest BCUT2D eigenvalue weighted by Crippen LogP contribution is -2.45. The van der Waals surface area contributed by atoms with Gasteiger partial charge in [-0.25, -0.2) is 0 Å². The lowest BCUT2D eigenvalue weighted by atomic mass is 9.93. The lowest BCUT2D eigenvalue weighted by molar-refractivity contribution is -0.136. The van der Waals surface area contributed by atoms with Gasteiger partial charge in [-0.1, -0.05) is 30.9 Å². The Balaban J connectivity index is 1.98. The minimum Gasteiger partial charge on any atom is -0.338 e. The number of hydrogen-bond donors (Lipinski definition) is 1. The first-order chi connectivity index (χ1) is 8.18. The predicted octanol–water partition coefficient (Wildman–Crippen LogP) is 2.07. The molecular weight excluding hydrogens is 212 g/mol. The van der Waals surface area contributed by atoms with Crippen LogP contribution in [0, 0.1) is 5.92 Å². The van der Waals surface area contributed by atoms with Crippen LogP contribution in [-0.4, -0.2) is 29.9 Å². The minimum absolute atomic E-state index is 0.0734. The molecule has 2 rings (SSSR count). The van der Waals surface area contributed by atoms with Crippen LogP contribution in [0.3, 0.4) is 0 Å². The highest BCUT2D eigenvalue weighted by atomic mass is 16.2. The summed E-state index contributed by atoms with van der Waals surface area (Å²) in [5, 5.41) is 0. The second-order valence-electron chi connectivity index (χ2n) is 5.49. The number of hydrogen-bond acceptors (Lipinski definition) is 2. The molecule has 0 saturated heterocycles. The van der Waals surface area contributed by atoms with Gasteiger partial charge in [0.1, 0.15) is 0 Å². The van der Waals surface area contributed by atoms with Gasteiger partial charge < -0.3 is 10.6 Å². The Morgan fingerprint density at radius 2 is 2.12 bits per heavy atom. The molecule has 2 atom stereocenters. The normalized spacial score (nSPS) is 30.7. The van der Waals surface area contributed by atoms with Crippen molar-refractivity contribution < 1.29 is 4.79 Å². The quantitative estimate of drug-likeness (QED) is 0.559. The Bertz CT molecular complexity index is 311. The summed E-state index contributed by atoms with van der Waals surface area (Å²) in [7, 11) is 0. The molecule has 3 heteroatoms. The molecule has 96 valence electrons. The summed E-state index contributed by atoms with van der Waals surface area (Å²) in [6.45, 7) is 3.80. The van der Waals surface area contributed by atoms with Crippen LogP contribution in [0.15, 0.2) is 11.6 Å². The zero-order valence-electron chi connectivity index (χ0n) is 10.8. The molecule has 17 heavy (non-hydrogen) atoms. The zero-order valence-corrected chi connectivity index (χ0v) is 10.8. The molecule has 1 heterocycles. The van der Waals surface area contributed by atoms with Gasteiger partial charge in [0, 0.05) is 19.1 Å². The highest BCUT2D eigenvalue weighted by Gasteiger charge is 2.30. The fourth-order valence-corrected chi connectivity index (χ4v) is 2.85. The topological polar surface area (TPSA) is 46.3 Å². The predicted molar refractivity (Wildman–Crippen MR) is 69.5 cm³/mol. The first kappa shape index (κ1) is 12.6. The van der Waals surface area contributed by atoms with E-state index in [1.807, 2.05) is 4.90 Å². The third kappa shape index (κ3) is 3.09. The number of carbonyl (C=O) groups is 1. The summed E-state index contributed by atoms with van der Waals surface area (Å²) in [6, 6.07) is 0.0806. The highest BCUT2D eigenvalue weighted by molar-refractivity contribution is 5.80. The van der Waals surface area contributed by atoms with Gasteiger partial charge >= 0.3 is 0 Å². The number of nitrogens with zero attached hydrogens (tertiary/aromatic N) is 1. The summed E-state index contributed by atoms with van der Waals surface area (Å²) in [5.41, 5.74) is 7.55. The Morgan fingerprint density at radius 3 is 2.82 bits per heavy atom. The lowest BCUT2D eigenvalue weighted by Gasteiger charge is -2.31. The van der Waals surface area contributed by atoms with Gasteiger partial charge in [0.25, 0.3) is 0 Å². The van der Waals surface area contributed by atoms with Gasteiger partial charge in [-0.15, -0.1) is 0 Å². The Labute approximate surface area is 104 Å². The van der Waals surface area contributed by atoms with Gasteiger partial charge in [-0.3, -0.25) is 4.79 Å². The first-order valence-electron chi connectivity index (χ1n) is 6.88. The third-order valence-electron chi connectivity index (χ3n) is 4.13. The van der Waals surface area contributed by atoms with Crippen LogP contribution in [-0.2, 0) is 4.79 Å². The second-order valence-corrected chi connectivity index (χ2v) is 5.49. The molecule has 1 saturated carbocycles. The smallest absolute Gasteiger partial charge is 0.227 e. The van der Waals surface area contributed by atoms with Crippen molar-refractivity contribution in [3.05, 3.63) is 11.6 Å². The van der Waals surface area contributed by atoms with Crippen LogP contribution >= 0.6 is 0 Å². The zero-order chi connectivity index (χ0) is 12.3. The summed E-state index contributed by atoms with van der Waals surface area (Å²) < 4.78 is 0. The highest BCUT2D eigenvalue weighted by Crippen LogP contribution is 2.25. The molecule has 2 aliphatic rings. The van der Waals surface area contributed by atoms with Gasteiger partial charge in [-0.05, 0) is 26.2 Å². The van der Waals surface area contributed by atoms with Crippen LogP contribution < -0.4 is 5.73 Å². The van der Waals surface area contributed by atoms with Crippen LogP contribution in [0.4, 0.5) is 0 Å². The van der Waals surface area contributed by atoms with Crippen molar-refractivity contribution >= 4 is 5.91 Å². The van der Waals surface area contributed by atoms with E-state index in [1.54, 1.807) is 0 Å². The van der Waals surface area contributed by atoms with E-state index in [9.17, 15) is 4.79 Å². The standard InChI is InChI=1S/C14H24N2O/c1-11-7-9-16(10-8-11)14(17)12-5-3-2-4-6-13(12)15/h7,12-13H,2-6,8-10,15H2,1H3. The van der Waals surface area contributed by atoms with E-state index in [-0.39, 0.29) is 12.0 Å². The fourth-order valence-electron chi connectivity index (χ4n) is 2.85. The van der Waals surface area contributed by atoms with Crippen molar-refractivity contribution in [3.8, 4) is 0 Å². The monoisotopic (exact) mass is 236 g/mol. The van der Waals surface area contributed by atoms with E-state index >= 15 is 0 Å². The fraction of sp³-hybridized carbons (Fsp3) is 0.786. The molecule has 2 unspecified atom stereocenters. The number of carbonyl (C=O) groups excluding carboxylic acids is 1. The molecule has 1 fully saturated rings. The molecule has 1 aliphatic heterocycles. The van der Waals surface area contributed by atoms with Crippen molar-refractivity contribution in [1.29, 1.82) is 0 Å². The molecule has 0 bridgehead atoms. The van der Waals surface area contributed by atoms with Gasteiger partial charge in [0.05, 0.1) is 5.92 Å². The van der Waals surface area contributed by atoms with E-state index in [0.29, 0.717) is 5.91 Å². The minimum atomic E-state index is 0.0734. The molecule has 2 N–H and O–H groups in total. The number of amides is 1. The van der Waals surface area contributed by atoms with Crippen molar-refractivity contribution in [2.45, 2.75) is 51.5 Å². The van der Waals surface area contributed by atoms with E-state index < -0.39 is 0 Å². The summed E-state index contributed by atoms with van der Waals surface area (Å²) in [6.07, 6.45) is 8.77. The molecule has 0 spiro atoms. The van der Waals surface area contributed by atoms with Crippen LogP contribution in [0.25, 0.3) is 0 Å². The van der Waals surface area contributed by atoms with Crippen molar-refractivity contribution in [1.82, 2.24) is 4.90 Å². The van der Waals surface area contributed by atoms with Crippen LogP contribution in [0.5, 0.6) is 0 Å². The Morgan fingerprint density at radius 1 is 1.35 bits per heavy atom. The van der Waals surface area contributed by atoms with E-state index in [1.165, 1.54) is 18.4 Å². The van der Waals surface area contributed by atoms with Gasteiger partial charge in [-0.2, -0.15) is 0 Å². The summed E-state index contributed by atoms with van der Waals surface area (Å²) >= 11 is 0. The molecule has 1 amide bonds. The van der Waals surface area contributed by atoms with E-state index in [4.69, 9.17) is 5.73 Å². The Kier molecular flexibility index (Phi) is 4.21. The van der Waals surface area contributed by atoms with Crippen molar-refractivity contribution in [3.63, 3.8) is 0 Å². The molecule has 3 nitrogen and oxygen atoms in total. The van der Waals surface area contributed by atoms with Crippen LogP contribution in [0.2, 0.25) is 0 Å². The maximum Gasteiger partial charge on any atom is 0.227 e. The molecule has 0 radical (unpaired) electrons. The maximum absolute atomic E-state index is 12.4. The molecule has 0 aromatic carbocycles. The third-order valence-corrected chi connectivity index (χ3v) is 4.13. The first-order valence-corrected chi connectivity index (χ1v) is 6.88. The van der Waals surface area contributed by atoms with Crippen LogP contribution in [0.1, 0.15) is 45.4 Å². The van der Waals surface area contributed by atoms with E-state index in [2.05, 4.69) is 13.0 Å². The molecule has 0 aromatic heterocycles. The SMILES string of the molecule is CC1=CCN(C(=O)C2CCCCCC2N)CC1. The summed E-state index contributed by atoms with van der Waals surface area (Å²) in [5.74, 6) is 0.368. The maximum atomic E-state index is 12.4. The molecular formula is C14H24N2O. The van der Waals surface area contributed by atoms with E-state index in [0.717, 1.165) is 38.8 Å². The average Bonchev–Trinajstić information content (AvgIpc) is 2.54. The van der Waals surface area contributed by atoms with Crippen molar-refractivity contribution in [2.24, 2.45) is 11.7 Å². The summed E-state index contributed by atoms with van der Waals surface area (Å²) in [4.78, 5) is 14.4. The Hall–Kier alpha value is -0.830. The van der Waals surface area contributed by atoms with Crippen molar-refractivity contribution in [2.75, 3.05) is 13.1 Å². The molecule has 1 aliphatic carbocycles. The average molecular weight is 236 g/mol. The number of nitrogens with two attached hydrogens (primary N) is 1. The van der Waals surface area contributed by atoms with Gasteiger partial charge in [0.2, 0.25) is 5.91 Å². The second kappa shape index (κ2) is 5.67. The molecule has 0 aromatic rings. The number of rotatable bonds is 1. The largest absolute Gasteiger partial charge is 0.338 e.